The maximum atomic E-state index is 14.7. The number of phenolic OH excluding ortho intramolecular Hbond substituents is 1. The Morgan fingerprint density at radius 1 is 1.17 bits per heavy atom. The average molecular weight is 471 g/mol. The number of aromatic nitrogens is 3. The zero-order valence-corrected chi connectivity index (χ0v) is 19.0. The van der Waals surface area contributed by atoms with E-state index < -0.39 is 5.82 Å². The first kappa shape index (κ1) is 21.4. The second-order valence-electron chi connectivity index (χ2n) is 9.19. The van der Waals surface area contributed by atoms with Gasteiger partial charge < -0.3 is 20.5 Å². The van der Waals surface area contributed by atoms with E-state index in [4.69, 9.17) is 15.5 Å². The summed E-state index contributed by atoms with van der Waals surface area (Å²) in [6, 6.07) is 11.6. The molecule has 3 N–H and O–H groups in total. The maximum absolute atomic E-state index is 14.7. The van der Waals surface area contributed by atoms with Gasteiger partial charge in [-0.15, -0.1) is 0 Å². The van der Waals surface area contributed by atoms with Crippen LogP contribution in [0.5, 0.6) is 11.5 Å². The monoisotopic (exact) mass is 470 g/mol. The van der Waals surface area contributed by atoms with Crippen LogP contribution in [0, 0.1) is 29.0 Å². The lowest BCUT2D eigenvalue weighted by Gasteiger charge is -2.52. The van der Waals surface area contributed by atoms with Gasteiger partial charge in [-0.2, -0.15) is 5.26 Å². The summed E-state index contributed by atoms with van der Waals surface area (Å²) in [6.45, 7) is 1.59. The van der Waals surface area contributed by atoms with E-state index in [9.17, 15) is 14.8 Å². The number of halogens is 1. The molecule has 1 saturated carbocycles. The Hall–Kier alpha value is -4.16. The first-order chi connectivity index (χ1) is 17.0. The molecule has 1 aliphatic carbocycles. The molecular formula is C26H23FN6O2. The third-order valence-electron chi connectivity index (χ3n) is 7.25. The number of methoxy groups -OCH3 is 1. The summed E-state index contributed by atoms with van der Waals surface area (Å²) >= 11 is 0. The minimum atomic E-state index is -0.620. The summed E-state index contributed by atoms with van der Waals surface area (Å²) < 4.78 is 21.8. The van der Waals surface area contributed by atoms with Gasteiger partial charge in [0.05, 0.1) is 23.9 Å². The first-order valence-corrected chi connectivity index (χ1v) is 11.4. The topological polar surface area (TPSA) is 113 Å². The number of imidazole rings is 1. The lowest BCUT2D eigenvalue weighted by atomic mass is 9.67. The number of fused-ring (bicyclic) bond motifs is 3. The molecule has 35 heavy (non-hydrogen) atoms. The molecule has 4 aromatic rings. The number of ether oxygens (including phenoxy) is 1. The highest BCUT2D eigenvalue weighted by Crippen LogP contribution is 2.43. The van der Waals surface area contributed by atoms with Gasteiger partial charge in [0.1, 0.15) is 17.5 Å². The van der Waals surface area contributed by atoms with Crippen molar-refractivity contribution >= 4 is 11.6 Å². The van der Waals surface area contributed by atoms with Crippen LogP contribution < -0.4 is 15.4 Å². The van der Waals surface area contributed by atoms with Crippen LogP contribution in [0.3, 0.4) is 0 Å². The van der Waals surface area contributed by atoms with Crippen LogP contribution in [0.15, 0.2) is 48.8 Å². The number of benzene rings is 2. The van der Waals surface area contributed by atoms with Gasteiger partial charge in [-0.05, 0) is 48.1 Å². The van der Waals surface area contributed by atoms with Crippen molar-refractivity contribution in [1.29, 1.82) is 5.26 Å². The second kappa shape index (κ2) is 7.96. The molecule has 8 nitrogen and oxygen atoms in total. The quantitative estimate of drug-likeness (QED) is 0.469. The number of hydrogen-bond donors (Lipinski definition) is 2. The van der Waals surface area contributed by atoms with Crippen LogP contribution in [0.1, 0.15) is 12.0 Å². The first-order valence-electron chi connectivity index (χ1n) is 11.4. The van der Waals surface area contributed by atoms with Crippen molar-refractivity contribution in [3.63, 3.8) is 0 Å². The van der Waals surface area contributed by atoms with Crippen molar-refractivity contribution < 1.29 is 14.2 Å². The molecule has 2 unspecified atom stereocenters. The molecule has 2 aromatic carbocycles. The van der Waals surface area contributed by atoms with Crippen LogP contribution >= 0.6 is 0 Å². The molecular weight excluding hydrogens is 447 g/mol. The van der Waals surface area contributed by atoms with E-state index in [1.807, 2.05) is 22.7 Å². The summed E-state index contributed by atoms with van der Waals surface area (Å²) in [5, 5.41) is 19.7. The predicted molar refractivity (Wildman–Crippen MR) is 129 cm³/mol. The van der Waals surface area contributed by atoms with Gasteiger partial charge in [0.15, 0.2) is 11.5 Å². The molecule has 2 aliphatic heterocycles. The van der Waals surface area contributed by atoms with Crippen LogP contribution in [-0.4, -0.2) is 45.7 Å². The zero-order chi connectivity index (χ0) is 24.3. The number of nitrogens with zero attached hydrogens (tertiary/aromatic N) is 5. The Bertz CT molecular complexity index is 1500. The SMILES string of the molecule is COc1ccc(-c2c(-c3ccc(C#N)c(F)c3)nc(N3CC4CC(C3)C4N)n3ccnc23)cc1O. The summed E-state index contributed by atoms with van der Waals surface area (Å²) in [5.74, 6) is 1.24. The van der Waals surface area contributed by atoms with Crippen molar-refractivity contribution in [3.05, 3.63) is 60.2 Å². The highest BCUT2D eigenvalue weighted by atomic mass is 19.1. The summed E-state index contributed by atoms with van der Waals surface area (Å²) in [4.78, 5) is 11.9. The predicted octanol–water partition coefficient (Wildman–Crippen LogP) is 3.57. The summed E-state index contributed by atoms with van der Waals surface area (Å²) in [7, 11) is 1.48. The number of nitriles is 1. The normalized spacial score (nSPS) is 21.0. The Labute approximate surface area is 201 Å². The van der Waals surface area contributed by atoms with Crippen LogP contribution in [0.25, 0.3) is 28.0 Å². The van der Waals surface area contributed by atoms with Gasteiger partial charge in [0, 0.05) is 37.1 Å². The smallest absolute Gasteiger partial charge is 0.211 e. The largest absolute Gasteiger partial charge is 0.504 e. The fourth-order valence-corrected chi connectivity index (χ4v) is 5.35. The van der Waals surface area contributed by atoms with Crippen LogP contribution in [0.4, 0.5) is 10.3 Å². The Morgan fingerprint density at radius 3 is 2.60 bits per heavy atom. The number of nitrogens with two attached hydrogens (primary N) is 1. The Kier molecular flexibility index (Phi) is 4.86. The van der Waals surface area contributed by atoms with Gasteiger partial charge >= 0.3 is 0 Å². The van der Waals surface area contributed by atoms with Crippen molar-refractivity contribution in [2.24, 2.45) is 17.6 Å². The third-order valence-corrected chi connectivity index (χ3v) is 7.25. The number of aromatic hydroxyl groups is 1. The van der Waals surface area contributed by atoms with Gasteiger partial charge in [-0.1, -0.05) is 12.1 Å². The van der Waals surface area contributed by atoms with Gasteiger partial charge in [0.2, 0.25) is 5.95 Å². The molecule has 0 amide bonds. The molecule has 3 fully saturated rings. The van der Waals surface area contributed by atoms with E-state index in [0.29, 0.717) is 51.6 Å². The van der Waals surface area contributed by atoms with Crippen molar-refractivity contribution in [2.75, 3.05) is 25.1 Å². The molecule has 2 bridgehead atoms. The molecule has 2 saturated heterocycles. The Morgan fingerprint density at radius 2 is 1.94 bits per heavy atom. The molecule has 7 rings (SSSR count). The molecule has 0 radical (unpaired) electrons. The molecule has 2 atom stereocenters. The van der Waals surface area contributed by atoms with E-state index >= 15 is 0 Å². The highest BCUT2D eigenvalue weighted by Gasteiger charge is 2.45. The third kappa shape index (κ3) is 3.29. The van der Waals surface area contributed by atoms with Crippen molar-refractivity contribution in [2.45, 2.75) is 12.5 Å². The van der Waals surface area contributed by atoms with E-state index in [0.717, 1.165) is 19.5 Å². The highest BCUT2D eigenvalue weighted by molar-refractivity contribution is 5.91. The van der Waals surface area contributed by atoms with E-state index in [1.54, 1.807) is 24.4 Å². The number of hydrogen-bond acceptors (Lipinski definition) is 7. The second-order valence-corrected chi connectivity index (χ2v) is 9.19. The number of rotatable bonds is 4. The molecule has 9 heteroatoms. The molecule has 2 aromatic heterocycles. The zero-order valence-electron chi connectivity index (χ0n) is 19.0. The van der Waals surface area contributed by atoms with Gasteiger partial charge in [-0.25, -0.2) is 14.4 Å². The molecule has 3 aliphatic rings. The fourth-order valence-electron chi connectivity index (χ4n) is 5.35. The summed E-state index contributed by atoms with van der Waals surface area (Å²) in [5.41, 5.74) is 9.20. The lowest BCUT2D eigenvalue weighted by Crippen LogP contribution is -2.62. The van der Waals surface area contributed by atoms with E-state index in [1.165, 1.54) is 19.2 Å². The Balaban J connectivity index is 1.59. The number of piperidine rings is 2. The minimum absolute atomic E-state index is 0.0270. The van der Waals surface area contributed by atoms with Crippen molar-refractivity contribution in [3.8, 4) is 40.0 Å². The van der Waals surface area contributed by atoms with Crippen LogP contribution in [0.2, 0.25) is 0 Å². The fraction of sp³-hybridized carbons (Fsp3) is 0.269. The van der Waals surface area contributed by atoms with Gasteiger partial charge in [-0.3, -0.25) is 4.40 Å². The van der Waals surface area contributed by atoms with E-state index in [-0.39, 0.29) is 17.4 Å². The van der Waals surface area contributed by atoms with E-state index in [2.05, 4.69) is 9.88 Å². The standard InChI is InChI=1S/C26H23FN6O2/c1-35-21-5-4-14(10-20(21)34)22-24(15-2-3-16(11-28)19(27)9-15)31-26(33-7-6-30-25(22)33)32-12-17-8-18(13-32)23(17)29/h2-7,9-10,17-18,23,34H,8,12-13,29H2,1H3. The number of anilines is 1. The average Bonchev–Trinajstić information content (AvgIpc) is 3.37. The maximum Gasteiger partial charge on any atom is 0.211 e. The molecule has 176 valence electrons. The van der Waals surface area contributed by atoms with Crippen LogP contribution in [-0.2, 0) is 0 Å². The van der Waals surface area contributed by atoms with Gasteiger partial charge in [0.25, 0.3) is 0 Å². The lowest BCUT2D eigenvalue weighted by molar-refractivity contribution is 0.114. The summed E-state index contributed by atoms with van der Waals surface area (Å²) in [6.07, 6.45) is 4.68. The molecule has 4 heterocycles. The molecule has 0 spiro atoms. The number of phenols is 1. The minimum Gasteiger partial charge on any atom is -0.504 e. The van der Waals surface area contributed by atoms with Crippen molar-refractivity contribution in [1.82, 2.24) is 14.4 Å².